The minimum Gasteiger partial charge on any atom is -0.508 e. The summed E-state index contributed by atoms with van der Waals surface area (Å²) < 4.78 is 54.0. The van der Waals surface area contributed by atoms with E-state index in [4.69, 9.17) is 20.0 Å². The molecule has 330 valence electrons. The predicted molar refractivity (Wildman–Crippen MR) is 227 cm³/mol. The lowest BCUT2D eigenvalue weighted by Crippen LogP contribution is -2.02. The predicted octanol–water partition coefficient (Wildman–Crippen LogP) is 11.4. The number of rotatable bonds is 18. The number of ether oxygens (including phenoxy) is 2. The highest BCUT2D eigenvalue weighted by Crippen LogP contribution is 2.47. The molecule has 6 rings (SSSR count). The van der Waals surface area contributed by atoms with Gasteiger partial charge in [-0.2, -0.15) is 18.6 Å². The Morgan fingerprint density at radius 1 is 0.656 bits per heavy atom. The van der Waals surface area contributed by atoms with E-state index in [0.717, 1.165) is 24.3 Å². The fraction of sp³-hybridized carbons (Fsp3) is 0.0526. The summed E-state index contributed by atoms with van der Waals surface area (Å²) in [5, 5.41) is 93.2. The quantitative estimate of drug-likeness (QED) is 0.00886. The number of fused-ring (bicyclic) bond motifs is 1. The molecule has 0 aliphatic carbocycles. The third-order valence-corrected chi connectivity index (χ3v) is 10.7. The molecule has 6 aromatic carbocycles. The first-order valence-electron chi connectivity index (χ1n) is 17.4. The molecular formula is C38H29N7O16S3. The maximum Gasteiger partial charge on any atom is 0.295 e. The third-order valence-electron chi connectivity index (χ3n) is 8.51. The number of benzene rings is 6. The highest BCUT2D eigenvalue weighted by molar-refractivity contribution is 7.95. The van der Waals surface area contributed by atoms with Gasteiger partial charge in [-0.05, 0) is 71.1 Å². The van der Waals surface area contributed by atoms with Gasteiger partial charge in [-0.15, -0.1) is 29.1 Å². The van der Waals surface area contributed by atoms with E-state index in [2.05, 4.69) is 49.4 Å². The molecule has 0 amide bonds. The van der Waals surface area contributed by atoms with Crippen molar-refractivity contribution in [3.8, 4) is 28.7 Å². The molecule has 6 aromatic rings. The van der Waals surface area contributed by atoms with Crippen molar-refractivity contribution in [2.75, 3.05) is 14.2 Å². The molecule has 0 saturated heterocycles. The Balaban J connectivity index is 1.29. The zero-order chi connectivity index (χ0) is 46.0. The molecule has 26 heteroatoms. The average molecular weight is 936 g/mol. The number of nitro benzene ring substituents is 1. The van der Waals surface area contributed by atoms with Crippen molar-refractivity contribution in [1.82, 2.24) is 0 Å². The minimum absolute atomic E-state index is 0.0690. The summed E-state index contributed by atoms with van der Waals surface area (Å²) in [6.45, 7) is 0. The van der Waals surface area contributed by atoms with E-state index < -0.39 is 25.6 Å². The summed E-state index contributed by atoms with van der Waals surface area (Å²) in [4.78, 5) is 10.1. The SMILES string of the molecule is COc1cc(N=Nc2c(SOOO)cc3cc(N=Nc4ccc(O)cc4O)ccc3c2O)c(OC)cc1N=Nc1ccc(/C=C/c2ccc([N+](=O)[O-])cc2S(=O)(=O)O)c(SOOO)c1. The van der Waals surface area contributed by atoms with Crippen LogP contribution < -0.4 is 9.47 Å². The van der Waals surface area contributed by atoms with Gasteiger partial charge in [0.25, 0.3) is 15.8 Å². The van der Waals surface area contributed by atoms with Crippen molar-refractivity contribution in [3.63, 3.8) is 0 Å². The highest BCUT2D eigenvalue weighted by atomic mass is 32.2. The minimum atomic E-state index is -4.85. The molecule has 0 atom stereocenters. The Morgan fingerprint density at radius 2 is 1.25 bits per heavy atom. The van der Waals surface area contributed by atoms with E-state index >= 15 is 0 Å². The van der Waals surface area contributed by atoms with Crippen LogP contribution >= 0.6 is 24.1 Å². The van der Waals surface area contributed by atoms with Crippen LogP contribution in [0, 0.1) is 10.1 Å². The van der Waals surface area contributed by atoms with Gasteiger partial charge in [0, 0.05) is 40.6 Å². The van der Waals surface area contributed by atoms with E-state index in [1.807, 2.05) is 0 Å². The van der Waals surface area contributed by atoms with E-state index in [9.17, 15) is 38.4 Å². The van der Waals surface area contributed by atoms with Gasteiger partial charge in [-0.1, -0.05) is 28.3 Å². The van der Waals surface area contributed by atoms with Crippen LogP contribution in [0.1, 0.15) is 11.1 Å². The maximum absolute atomic E-state index is 12.0. The van der Waals surface area contributed by atoms with E-state index in [1.54, 1.807) is 24.3 Å². The first kappa shape index (κ1) is 46.4. The van der Waals surface area contributed by atoms with Gasteiger partial charge in [-0.25, -0.2) is 10.5 Å². The second-order valence-corrected chi connectivity index (χ2v) is 15.3. The molecule has 0 saturated carbocycles. The number of non-ortho nitro benzene ring substituents is 1. The van der Waals surface area contributed by atoms with Crippen LogP contribution in [0.2, 0.25) is 0 Å². The number of azo groups is 3. The maximum atomic E-state index is 12.0. The van der Waals surface area contributed by atoms with Gasteiger partial charge < -0.3 is 24.8 Å². The Bertz CT molecular complexity index is 2970. The molecule has 64 heavy (non-hydrogen) atoms. The van der Waals surface area contributed by atoms with Crippen molar-refractivity contribution in [2.45, 2.75) is 14.7 Å². The lowest BCUT2D eigenvalue weighted by Gasteiger charge is -2.11. The monoisotopic (exact) mass is 935 g/mol. The summed E-state index contributed by atoms with van der Waals surface area (Å²) in [7, 11) is -2.13. The summed E-state index contributed by atoms with van der Waals surface area (Å²) in [5.74, 6) is -0.492. The van der Waals surface area contributed by atoms with Gasteiger partial charge in [0.2, 0.25) is 0 Å². The zero-order valence-corrected chi connectivity index (χ0v) is 34.9. The Kier molecular flexibility index (Phi) is 15.1. The Labute approximate surface area is 368 Å². The van der Waals surface area contributed by atoms with Crippen LogP contribution in [-0.2, 0) is 28.9 Å². The Hall–Kier alpha value is -7.11. The molecular weight excluding hydrogens is 907 g/mol. The molecule has 0 unspecified atom stereocenters. The van der Waals surface area contributed by atoms with Crippen LogP contribution in [0.25, 0.3) is 22.9 Å². The summed E-state index contributed by atoms with van der Waals surface area (Å²) in [6.07, 6.45) is 2.69. The fourth-order valence-corrected chi connectivity index (χ4v) is 7.29. The number of phenolic OH excluding ortho intramolecular Hbond substituents is 3. The molecule has 0 radical (unpaired) electrons. The van der Waals surface area contributed by atoms with Crippen LogP contribution in [0.5, 0.6) is 28.7 Å². The lowest BCUT2D eigenvalue weighted by atomic mass is 10.1. The van der Waals surface area contributed by atoms with E-state index in [0.29, 0.717) is 46.1 Å². The molecule has 0 heterocycles. The second kappa shape index (κ2) is 20.8. The van der Waals surface area contributed by atoms with Crippen molar-refractivity contribution in [3.05, 3.63) is 112 Å². The number of phenols is 3. The summed E-state index contributed by atoms with van der Waals surface area (Å²) >= 11 is 1.05. The number of hydrogen-bond donors (Lipinski definition) is 6. The standard InChI is InChI=1S/C38H29N7O16S3/c1-56-32-19-30(43-44-37-35(63-61-59-52)14-22-13-23(8-11-27(22)38(37)48)39-41-28-12-10-26(46)17-31(28)47)33(57-2)18-29(32)42-40-24-7-5-20(34(15-24)62-60-58-51)3-4-21-6-9-25(45(49)50)16-36(21)64(53,54)55/h3-19,46-48,51-52H,1-2H3,(H,53,54,55)/b4-3+,41-39?,42-40?,44-43?. The van der Waals surface area contributed by atoms with Crippen LogP contribution in [-0.4, -0.2) is 57.9 Å². The summed E-state index contributed by atoms with van der Waals surface area (Å²) in [6, 6.07) is 20.3. The van der Waals surface area contributed by atoms with Gasteiger partial charge in [0.15, 0.2) is 5.75 Å². The fourth-order valence-electron chi connectivity index (χ4n) is 5.58. The first-order valence-corrected chi connectivity index (χ1v) is 20.4. The molecule has 0 spiro atoms. The van der Waals surface area contributed by atoms with Crippen molar-refractivity contribution < 1.29 is 71.9 Å². The van der Waals surface area contributed by atoms with Crippen molar-refractivity contribution in [1.29, 1.82) is 0 Å². The molecule has 0 fully saturated rings. The van der Waals surface area contributed by atoms with Crippen molar-refractivity contribution >= 4 is 96.9 Å². The molecule has 0 bridgehead atoms. The molecule has 23 nitrogen and oxygen atoms in total. The number of methoxy groups -OCH3 is 2. The van der Waals surface area contributed by atoms with Gasteiger partial charge in [0.1, 0.15) is 50.6 Å². The smallest absolute Gasteiger partial charge is 0.295 e. The van der Waals surface area contributed by atoms with Gasteiger partial charge in [-0.3, -0.25) is 14.7 Å². The average Bonchev–Trinajstić information content (AvgIpc) is 3.27. The number of nitrogens with zero attached hydrogens (tertiary/aromatic N) is 7. The van der Waals surface area contributed by atoms with Crippen LogP contribution in [0.4, 0.5) is 39.8 Å². The molecule has 0 aliphatic heterocycles. The number of hydrogen-bond acceptors (Lipinski definition) is 23. The van der Waals surface area contributed by atoms with Crippen molar-refractivity contribution in [2.24, 2.45) is 30.7 Å². The summed E-state index contributed by atoms with van der Waals surface area (Å²) in [5.41, 5.74) is 0.578. The van der Waals surface area contributed by atoms with Gasteiger partial charge in [0.05, 0.1) is 59.5 Å². The topological polar surface area (TPSA) is 328 Å². The molecule has 0 aliphatic rings. The molecule has 6 N–H and O–H groups in total. The Morgan fingerprint density at radius 3 is 1.88 bits per heavy atom. The highest BCUT2D eigenvalue weighted by Gasteiger charge is 2.20. The largest absolute Gasteiger partial charge is 0.508 e. The van der Waals surface area contributed by atoms with E-state index in [-0.39, 0.29) is 72.5 Å². The number of nitro groups is 1. The third kappa shape index (κ3) is 11.3. The second-order valence-electron chi connectivity index (χ2n) is 12.4. The lowest BCUT2D eigenvalue weighted by molar-refractivity contribution is -0.432. The van der Waals surface area contributed by atoms with E-state index in [1.165, 1.54) is 68.8 Å². The molecule has 0 aromatic heterocycles. The van der Waals surface area contributed by atoms with Gasteiger partial charge >= 0.3 is 0 Å². The van der Waals surface area contributed by atoms with Crippen LogP contribution in [0.15, 0.2) is 136 Å². The number of aromatic hydroxyl groups is 3. The zero-order valence-electron chi connectivity index (χ0n) is 32.4. The van der Waals surface area contributed by atoms with Crippen LogP contribution in [0.3, 0.4) is 0 Å². The first-order chi connectivity index (χ1) is 30.7. The normalized spacial score (nSPS) is 12.1.